The fraction of sp³-hybridized carbons (Fsp3) is 0.310. The van der Waals surface area contributed by atoms with Crippen LogP contribution >= 0.6 is 12.0 Å². The van der Waals surface area contributed by atoms with E-state index in [2.05, 4.69) is 166 Å². The second-order valence-electron chi connectivity index (χ2n) is 13.8. The third kappa shape index (κ3) is 5.67. The van der Waals surface area contributed by atoms with Crippen molar-refractivity contribution in [3.05, 3.63) is 132 Å². The monoisotopic (exact) mass is 627 g/mol. The predicted octanol–water partition coefficient (Wildman–Crippen LogP) is 11.1. The largest absolute Gasteiger partial charge is 0.341 e. The minimum atomic E-state index is -0.125. The maximum Gasteiger partial charge on any atom is 0.210 e. The van der Waals surface area contributed by atoms with Crippen molar-refractivity contribution in [2.45, 2.75) is 71.3 Å². The van der Waals surface area contributed by atoms with Crippen molar-refractivity contribution in [1.29, 1.82) is 0 Å². The second kappa shape index (κ2) is 13.1. The van der Waals surface area contributed by atoms with Crippen LogP contribution in [0, 0.1) is 0 Å². The summed E-state index contributed by atoms with van der Waals surface area (Å²) in [7, 11) is 0. The van der Waals surface area contributed by atoms with Crippen LogP contribution in [0.5, 0.6) is 0 Å². The Morgan fingerprint density at radius 3 is 2.07 bits per heavy atom. The number of benzene rings is 4. The molecule has 0 bridgehead atoms. The van der Waals surface area contributed by atoms with E-state index in [0.29, 0.717) is 6.04 Å². The van der Waals surface area contributed by atoms with Gasteiger partial charge in [0.1, 0.15) is 6.54 Å². The summed E-state index contributed by atoms with van der Waals surface area (Å²) in [6, 6.07) is 26.9. The van der Waals surface area contributed by atoms with E-state index in [9.17, 15) is 4.55 Å². The lowest BCUT2D eigenvalue weighted by atomic mass is 9.79. The Hall–Kier alpha value is -3.86. The number of hydrogen-bond donors (Lipinski definition) is 1. The summed E-state index contributed by atoms with van der Waals surface area (Å²) < 4.78 is 11.7. The van der Waals surface area contributed by atoms with Gasteiger partial charge in [-0.1, -0.05) is 98.8 Å². The van der Waals surface area contributed by atoms with Gasteiger partial charge in [0.2, 0.25) is 5.69 Å². The molecule has 0 saturated carbocycles. The molecule has 6 rings (SSSR count). The molecular weight excluding hydrogens is 581 g/mol. The zero-order valence-electron chi connectivity index (χ0n) is 28.1. The fourth-order valence-electron chi connectivity index (χ4n) is 7.72. The average Bonchev–Trinajstić information content (AvgIpc) is 3.41. The molecule has 0 amide bonds. The normalized spacial score (nSPS) is 18.1. The Morgan fingerprint density at radius 1 is 0.739 bits per heavy atom. The molecule has 0 fully saturated rings. The van der Waals surface area contributed by atoms with E-state index in [1.54, 1.807) is 0 Å². The lowest BCUT2D eigenvalue weighted by molar-refractivity contribution is -0.438. The van der Waals surface area contributed by atoms with Crippen molar-refractivity contribution < 1.29 is 9.13 Å². The number of fused-ring (bicyclic) bond motifs is 6. The minimum Gasteiger partial charge on any atom is -0.341 e. The molecule has 0 radical (unpaired) electrons. The first-order chi connectivity index (χ1) is 22.2. The van der Waals surface area contributed by atoms with Crippen molar-refractivity contribution in [3.63, 3.8) is 0 Å². The van der Waals surface area contributed by atoms with E-state index in [0.717, 1.165) is 37.2 Å². The van der Waals surface area contributed by atoms with Crippen LogP contribution in [0.3, 0.4) is 0 Å². The highest BCUT2D eigenvalue weighted by atomic mass is 32.2. The predicted molar refractivity (Wildman–Crippen MR) is 201 cm³/mol. The quantitative estimate of drug-likeness (QED) is 0.0820. The summed E-state index contributed by atoms with van der Waals surface area (Å²) in [5.74, 6) is 0.771. The van der Waals surface area contributed by atoms with E-state index in [4.69, 9.17) is 0 Å². The van der Waals surface area contributed by atoms with Gasteiger partial charge in [0.05, 0.1) is 5.41 Å². The molecule has 0 spiro atoms. The SMILES string of the molecule is CC(C)N1\C(=C/C=C/C=C/C=C/C2=[N+](CCCCSO)c3ccc4ccccc4c3C2(C)C)C(C)(C)c2c1ccc1ccccc21. The van der Waals surface area contributed by atoms with Gasteiger partial charge >= 0.3 is 0 Å². The lowest BCUT2D eigenvalue weighted by Crippen LogP contribution is -2.31. The van der Waals surface area contributed by atoms with Crippen molar-refractivity contribution in [2.24, 2.45) is 0 Å². The van der Waals surface area contributed by atoms with E-state index >= 15 is 0 Å². The number of anilines is 1. The molecule has 2 aliphatic heterocycles. The number of nitrogens with zero attached hydrogens (tertiary/aromatic N) is 2. The fourth-order valence-corrected chi connectivity index (χ4v) is 8.05. The molecule has 0 atom stereocenters. The van der Waals surface area contributed by atoms with Gasteiger partial charge in [0, 0.05) is 52.7 Å². The van der Waals surface area contributed by atoms with Crippen LogP contribution in [-0.2, 0) is 10.8 Å². The van der Waals surface area contributed by atoms with Crippen molar-refractivity contribution in [2.75, 3.05) is 17.2 Å². The van der Waals surface area contributed by atoms with Crippen LogP contribution in [-0.4, -0.2) is 33.2 Å². The number of allylic oxidation sites excluding steroid dienone is 8. The molecule has 4 heteroatoms. The lowest BCUT2D eigenvalue weighted by Gasteiger charge is -2.30. The molecule has 0 aliphatic carbocycles. The Kier molecular flexibility index (Phi) is 9.14. The van der Waals surface area contributed by atoms with E-state index in [1.807, 2.05) is 0 Å². The molecule has 0 saturated heterocycles. The number of unbranched alkanes of at least 4 members (excludes halogenated alkanes) is 1. The van der Waals surface area contributed by atoms with Crippen LogP contribution in [0.1, 0.15) is 65.5 Å². The van der Waals surface area contributed by atoms with Crippen molar-refractivity contribution in [1.82, 2.24) is 0 Å². The highest BCUT2D eigenvalue weighted by Gasteiger charge is 2.45. The molecule has 46 heavy (non-hydrogen) atoms. The zero-order valence-corrected chi connectivity index (χ0v) is 28.9. The number of hydrogen-bond acceptors (Lipinski definition) is 3. The first-order valence-corrected chi connectivity index (χ1v) is 17.6. The van der Waals surface area contributed by atoms with Gasteiger partial charge < -0.3 is 9.45 Å². The Morgan fingerprint density at radius 2 is 1.37 bits per heavy atom. The molecule has 2 aliphatic rings. The Balaban J connectivity index is 1.26. The van der Waals surface area contributed by atoms with E-state index in [-0.39, 0.29) is 10.8 Å². The van der Waals surface area contributed by atoms with Gasteiger partial charge in [-0.2, -0.15) is 4.58 Å². The van der Waals surface area contributed by atoms with Gasteiger partial charge in [0.25, 0.3) is 0 Å². The second-order valence-corrected chi connectivity index (χ2v) is 14.5. The van der Waals surface area contributed by atoms with Gasteiger partial charge in [-0.25, -0.2) is 0 Å². The van der Waals surface area contributed by atoms with E-state index < -0.39 is 0 Å². The third-order valence-electron chi connectivity index (χ3n) is 9.78. The van der Waals surface area contributed by atoms with Crippen LogP contribution in [0.25, 0.3) is 21.5 Å². The van der Waals surface area contributed by atoms with Gasteiger partial charge in [-0.3, -0.25) is 0 Å². The number of rotatable bonds is 10. The summed E-state index contributed by atoms with van der Waals surface area (Å²) in [6.07, 6.45) is 17.4. The van der Waals surface area contributed by atoms with E-state index in [1.165, 1.54) is 55.5 Å². The van der Waals surface area contributed by atoms with Crippen molar-refractivity contribution >= 4 is 50.7 Å². The summed E-state index contributed by atoms with van der Waals surface area (Å²) in [5.41, 5.74) is 7.87. The molecule has 0 aromatic heterocycles. The highest BCUT2D eigenvalue weighted by molar-refractivity contribution is 7.93. The third-order valence-corrected chi connectivity index (χ3v) is 10.3. The molecule has 4 aromatic carbocycles. The minimum absolute atomic E-state index is 0.0996. The first-order valence-electron chi connectivity index (χ1n) is 16.6. The molecule has 0 unspecified atom stereocenters. The highest BCUT2D eigenvalue weighted by Crippen LogP contribution is 2.51. The summed E-state index contributed by atoms with van der Waals surface area (Å²) in [4.78, 5) is 2.50. The molecule has 2 heterocycles. The summed E-state index contributed by atoms with van der Waals surface area (Å²) in [6.45, 7) is 14.9. The maximum absolute atomic E-state index is 9.25. The van der Waals surface area contributed by atoms with Crippen LogP contribution in [0.15, 0.2) is 121 Å². The smallest absolute Gasteiger partial charge is 0.210 e. The zero-order chi connectivity index (χ0) is 32.5. The Bertz CT molecular complexity index is 1920. The van der Waals surface area contributed by atoms with Gasteiger partial charge in [0.15, 0.2) is 5.71 Å². The maximum atomic E-state index is 9.25. The van der Waals surface area contributed by atoms with Crippen LogP contribution in [0.4, 0.5) is 11.4 Å². The molecular formula is C42H47N2OS+. The molecule has 1 N–H and O–H groups in total. The topological polar surface area (TPSA) is 26.5 Å². The first kappa shape index (κ1) is 32.1. The standard InChI is InChI=1S/C42H46N2OS/c1-30(2)44-36-27-25-32-19-13-15-21-34(32)40(36)42(5,6)38(44)23-11-9-7-8-10-22-37-41(3,4)39-33-20-14-12-18-31(33)24-26-35(39)43(37)28-16-17-29-46-45/h7-15,18-27,30H,16-17,28-29H2,1-6H3/p+1. The van der Waals surface area contributed by atoms with Gasteiger partial charge in [-0.05, 0) is 91.5 Å². The summed E-state index contributed by atoms with van der Waals surface area (Å²) in [5, 5.41) is 5.26. The summed E-state index contributed by atoms with van der Waals surface area (Å²) >= 11 is 0.940. The van der Waals surface area contributed by atoms with Crippen LogP contribution in [0.2, 0.25) is 0 Å². The molecule has 4 aromatic rings. The Labute approximate surface area is 279 Å². The van der Waals surface area contributed by atoms with Crippen molar-refractivity contribution in [3.8, 4) is 0 Å². The van der Waals surface area contributed by atoms with Gasteiger partial charge in [-0.15, -0.1) is 0 Å². The molecule has 236 valence electrons. The average molecular weight is 628 g/mol. The van der Waals surface area contributed by atoms with Crippen LogP contribution < -0.4 is 4.90 Å². The molecule has 3 nitrogen and oxygen atoms in total.